The van der Waals surface area contributed by atoms with Crippen LogP contribution in [0.4, 0.5) is 17.6 Å². The summed E-state index contributed by atoms with van der Waals surface area (Å²) in [5.41, 5.74) is 2.31. The average molecular weight is 563 g/mol. The largest absolute Gasteiger partial charge is 0.490 e. The van der Waals surface area contributed by atoms with Gasteiger partial charge in [-0.25, -0.2) is 13.2 Å². The Hall–Kier alpha value is -3.34. The van der Waals surface area contributed by atoms with Crippen LogP contribution < -0.4 is 4.74 Å². The van der Waals surface area contributed by atoms with Gasteiger partial charge in [0.1, 0.15) is 0 Å². The Labute approximate surface area is 240 Å². The van der Waals surface area contributed by atoms with Crippen molar-refractivity contribution >= 4 is 5.57 Å². The number of benzene rings is 3. The van der Waals surface area contributed by atoms with Gasteiger partial charge in [0.2, 0.25) is 5.82 Å². The Morgan fingerprint density at radius 2 is 1.32 bits per heavy atom. The molecule has 0 amide bonds. The molecule has 0 saturated heterocycles. The molecule has 0 heterocycles. The topological polar surface area (TPSA) is 9.23 Å². The normalized spacial score (nSPS) is 20.9. The Kier molecular flexibility index (Phi) is 9.32. The number of unbranched alkanes of at least 4 members (excludes halogenated alkanes) is 1. The minimum Gasteiger partial charge on any atom is -0.490 e. The van der Waals surface area contributed by atoms with E-state index in [1.807, 2.05) is 6.92 Å². The van der Waals surface area contributed by atoms with Crippen molar-refractivity contribution in [3.8, 4) is 28.0 Å². The maximum Gasteiger partial charge on any atom is 0.201 e. The van der Waals surface area contributed by atoms with Crippen molar-refractivity contribution in [2.75, 3.05) is 6.61 Å². The monoisotopic (exact) mass is 562 g/mol. The summed E-state index contributed by atoms with van der Waals surface area (Å²) in [6, 6.07) is 12.5. The van der Waals surface area contributed by atoms with Gasteiger partial charge in [-0.3, -0.25) is 0 Å². The van der Waals surface area contributed by atoms with Gasteiger partial charge >= 0.3 is 0 Å². The van der Waals surface area contributed by atoms with E-state index >= 15 is 8.78 Å². The molecule has 1 nitrogen and oxygen atoms in total. The molecule has 0 aromatic heterocycles. The Morgan fingerprint density at radius 1 is 0.732 bits per heavy atom. The van der Waals surface area contributed by atoms with Crippen LogP contribution in [0, 0.1) is 41.0 Å². The maximum atomic E-state index is 15.3. The molecule has 5 rings (SSSR count). The molecule has 5 heteroatoms. The number of ether oxygens (including phenoxy) is 1. The van der Waals surface area contributed by atoms with Crippen LogP contribution in [0.25, 0.3) is 27.8 Å². The van der Waals surface area contributed by atoms with E-state index in [0.717, 1.165) is 37.7 Å². The van der Waals surface area contributed by atoms with E-state index in [1.165, 1.54) is 37.8 Å². The van der Waals surface area contributed by atoms with Gasteiger partial charge in [0.25, 0.3) is 0 Å². The summed E-state index contributed by atoms with van der Waals surface area (Å²) < 4.78 is 65.4. The fraction of sp³-hybridized carbons (Fsp3) is 0.389. The molecule has 1 fully saturated rings. The molecule has 0 aliphatic heterocycles. The highest BCUT2D eigenvalue weighted by atomic mass is 19.2. The summed E-state index contributed by atoms with van der Waals surface area (Å²) in [5.74, 6) is -1.93. The second-order valence-electron chi connectivity index (χ2n) is 11.5. The van der Waals surface area contributed by atoms with Gasteiger partial charge in [-0.2, -0.15) is 4.39 Å². The van der Waals surface area contributed by atoms with Crippen molar-refractivity contribution in [3.05, 3.63) is 96.1 Å². The lowest BCUT2D eigenvalue weighted by atomic mass is 9.71. The van der Waals surface area contributed by atoms with Gasteiger partial charge in [-0.15, -0.1) is 6.58 Å². The standard InChI is InChI=1S/C36H38F4O/c1-3-5-22-41-32-21-20-31(35(39)36(32)40)28-16-14-27(15-17-28)30-19-18-29(33(37)34(30)38)26-12-10-25(11-13-26)24-8-6-23(4-2)7-9-24/h4,12,14-21,23-25H,2-3,5-11,13,22H2,1H3. The van der Waals surface area contributed by atoms with Gasteiger partial charge in [-0.05, 0) is 98.0 Å². The van der Waals surface area contributed by atoms with Gasteiger partial charge in [-0.1, -0.05) is 61.9 Å². The lowest BCUT2D eigenvalue weighted by molar-refractivity contribution is 0.212. The Bertz CT molecular complexity index is 1400. The summed E-state index contributed by atoms with van der Waals surface area (Å²) in [5, 5.41) is 0. The van der Waals surface area contributed by atoms with E-state index in [0.29, 0.717) is 41.1 Å². The van der Waals surface area contributed by atoms with Crippen molar-refractivity contribution in [3.63, 3.8) is 0 Å². The lowest BCUT2D eigenvalue weighted by Crippen LogP contribution is -2.22. The summed E-state index contributed by atoms with van der Waals surface area (Å²) in [6.07, 6.45) is 13.3. The molecular formula is C36H38F4O. The smallest absolute Gasteiger partial charge is 0.201 e. The van der Waals surface area contributed by atoms with Crippen molar-refractivity contribution in [1.82, 2.24) is 0 Å². The predicted molar refractivity (Wildman–Crippen MR) is 159 cm³/mol. The highest BCUT2D eigenvalue weighted by Gasteiger charge is 2.29. The average Bonchev–Trinajstić information content (AvgIpc) is 3.01. The van der Waals surface area contributed by atoms with E-state index in [2.05, 4.69) is 18.7 Å². The molecule has 0 N–H and O–H groups in total. The second-order valence-corrected chi connectivity index (χ2v) is 11.5. The predicted octanol–water partition coefficient (Wildman–Crippen LogP) is 10.9. The first-order valence-corrected chi connectivity index (χ1v) is 14.9. The molecule has 3 aromatic rings. The van der Waals surface area contributed by atoms with Crippen LogP contribution in [0.15, 0.2) is 67.3 Å². The maximum absolute atomic E-state index is 15.3. The molecule has 1 saturated carbocycles. The Balaban J connectivity index is 1.29. The van der Waals surface area contributed by atoms with Crippen molar-refractivity contribution < 1.29 is 22.3 Å². The highest BCUT2D eigenvalue weighted by molar-refractivity contribution is 5.74. The first kappa shape index (κ1) is 29.2. The van der Waals surface area contributed by atoms with Crippen molar-refractivity contribution in [2.24, 2.45) is 17.8 Å². The third kappa shape index (κ3) is 6.29. The fourth-order valence-electron chi connectivity index (χ4n) is 6.42. The first-order valence-electron chi connectivity index (χ1n) is 14.9. The van der Waals surface area contributed by atoms with Gasteiger partial charge in [0.15, 0.2) is 23.2 Å². The van der Waals surface area contributed by atoms with Crippen LogP contribution >= 0.6 is 0 Å². The molecule has 2 aliphatic carbocycles. The zero-order valence-electron chi connectivity index (χ0n) is 23.7. The van der Waals surface area contributed by atoms with E-state index in [4.69, 9.17) is 4.74 Å². The van der Waals surface area contributed by atoms with Crippen LogP contribution in [-0.4, -0.2) is 6.61 Å². The third-order valence-electron chi connectivity index (χ3n) is 9.01. The molecule has 1 unspecified atom stereocenters. The quantitative estimate of drug-likeness (QED) is 0.143. The minimum atomic E-state index is -1.03. The molecule has 1 atom stereocenters. The number of halogens is 4. The van der Waals surface area contributed by atoms with Crippen LogP contribution in [0.3, 0.4) is 0 Å². The van der Waals surface area contributed by atoms with Crippen molar-refractivity contribution in [1.29, 1.82) is 0 Å². The summed E-state index contributed by atoms with van der Waals surface area (Å²) >= 11 is 0. The third-order valence-corrected chi connectivity index (χ3v) is 9.01. The number of rotatable bonds is 9. The van der Waals surface area contributed by atoms with Gasteiger partial charge in [0.05, 0.1) is 6.61 Å². The molecule has 2 aliphatic rings. The van der Waals surface area contributed by atoms with E-state index in [-0.39, 0.29) is 16.9 Å². The molecule has 41 heavy (non-hydrogen) atoms. The van der Waals surface area contributed by atoms with E-state index in [9.17, 15) is 8.78 Å². The Morgan fingerprint density at radius 3 is 1.90 bits per heavy atom. The minimum absolute atomic E-state index is 0.0789. The zero-order chi connectivity index (χ0) is 28.9. The molecule has 216 valence electrons. The lowest BCUT2D eigenvalue weighted by Gasteiger charge is -2.34. The van der Waals surface area contributed by atoms with Crippen LogP contribution in [0.5, 0.6) is 5.75 Å². The number of allylic oxidation sites excluding steroid dienone is 3. The summed E-state index contributed by atoms with van der Waals surface area (Å²) in [7, 11) is 0. The van der Waals surface area contributed by atoms with Gasteiger partial charge in [0, 0.05) is 16.7 Å². The SMILES string of the molecule is C=CC1CCC(C2CC=C(c3ccc(-c4ccc(-c5ccc(OCCCC)c(F)c5F)cc4)c(F)c3F)CC2)CC1. The van der Waals surface area contributed by atoms with Gasteiger partial charge < -0.3 is 4.74 Å². The molecule has 0 radical (unpaired) electrons. The number of hydrogen-bond donors (Lipinski definition) is 0. The second kappa shape index (κ2) is 13.1. The van der Waals surface area contributed by atoms with Crippen molar-refractivity contribution in [2.45, 2.75) is 64.7 Å². The van der Waals surface area contributed by atoms with E-state index in [1.54, 1.807) is 36.4 Å². The summed E-state index contributed by atoms with van der Waals surface area (Å²) in [6.45, 7) is 6.24. The molecule has 0 bridgehead atoms. The highest BCUT2D eigenvalue weighted by Crippen LogP contribution is 2.42. The number of hydrogen-bond acceptors (Lipinski definition) is 1. The zero-order valence-corrected chi connectivity index (χ0v) is 23.7. The fourth-order valence-corrected chi connectivity index (χ4v) is 6.42. The van der Waals surface area contributed by atoms with Crippen LogP contribution in [0.1, 0.15) is 70.3 Å². The first-order chi connectivity index (χ1) is 19.9. The van der Waals surface area contributed by atoms with Crippen LogP contribution in [0.2, 0.25) is 0 Å². The van der Waals surface area contributed by atoms with Crippen LogP contribution in [-0.2, 0) is 0 Å². The molecule has 0 spiro atoms. The molecule has 3 aromatic carbocycles. The van der Waals surface area contributed by atoms with E-state index < -0.39 is 23.3 Å². The summed E-state index contributed by atoms with van der Waals surface area (Å²) in [4.78, 5) is 0. The molecular weight excluding hydrogens is 524 g/mol.